The number of hydrogen-bond donors (Lipinski definition) is 1. The molecule has 1 saturated heterocycles. The lowest BCUT2D eigenvalue weighted by molar-refractivity contribution is -0.145. The molecule has 3 unspecified atom stereocenters. The summed E-state index contributed by atoms with van der Waals surface area (Å²) in [5, 5.41) is -0.643. The SMILES string of the molecule is COC(=O)C1CCCC1S(=O)(=O)NCC(C)N1CCCC1. The first-order valence-electron chi connectivity index (χ1n) is 7.76. The summed E-state index contributed by atoms with van der Waals surface area (Å²) in [4.78, 5) is 14.0. The van der Waals surface area contributed by atoms with Gasteiger partial charge >= 0.3 is 5.97 Å². The number of rotatable bonds is 6. The molecule has 0 aromatic rings. The van der Waals surface area contributed by atoms with E-state index >= 15 is 0 Å². The van der Waals surface area contributed by atoms with E-state index in [1.165, 1.54) is 20.0 Å². The minimum atomic E-state index is -3.47. The van der Waals surface area contributed by atoms with Gasteiger partial charge in [0.1, 0.15) is 0 Å². The Bertz CT molecular complexity index is 460. The average Bonchev–Trinajstić information content (AvgIpc) is 3.14. The molecular formula is C14H26N2O4S. The molecule has 2 aliphatic rings. The van der Waals surface area contributed by atoms with Crippen molar-refractivity contribution in [1.29, 1.82) is 0 Å². The van der Waals surface area contributed by atoms with E-state index in [0.29, 0.717) is 19.4 Å². The predicted molar refractivity (Wildman–Crippen MR) is 80.3 cm³/mol. The molecule has 122 valence electrons. The Labute approximate surface area is 127 Å². The summed E-state index contributed by atoms with van der Waals surface area (Å²) in [5.74, 6) is -0.926. The van der Waals surface area contributed by atoms with Crippen LogP contribution < -0.4 is 4.72 Å². The first kappa shape index (κ1) is 16.7. The van der Waals surface area contributed by atoms with E-state index in [4.69, 9.17) is 4.74 Å². The van der Waals surface area contributed by atoms with Gasteiger partial charge in [0.15, 0.2) is 0 Å². The number of hydrogen-bond acceptors (Lipinski definition) is 5. The zero-order valence-electron chi connectivity index (χ0n) is 12.9. The third-order valence-corrected chi connectivity index (χ3v) is 6.63. The molecule has 0 bridgehead atoms. The molecule has 0 radical (unpaired) electrons. The van der Waals surface area contributed by atoms with E-state index in [0.717, 1.165) is 19.5 Å². The third-order valence-electron chi connectivity index (χ3n) is 4.70. The summed E-state index contributed by atoms with van der Waals surface area (Å²) in [6.45, 7) is 4.53. The summed E-state index contributed by atoms with van der Waals surface area (Å²) < 4.78 is 32.3. The van der Waals surface area contributed by atoms with Gasteiger partial charge in [-0.3, -0.25) is 9.69 Å². The average molecular weight is 318 g/mol. The van der Waals surface area contributed by atoms with Crippen LogP contribution in [-0.2, 0) is 19.6 Å². The maximum Gasteiger partial charge on any atom is 0.310 e. The molecule has 2 rings (SSSR count). The molecule has 1 heterocycles. The Kier molecular flexibility index (Phi) is 5.62. The smallest absolute Gasteiger partial charge is 0.310 e. The number of likely N-dealkylation sites (tertiary alicyclic amines) is 1. The highest BCUT2D eigenvalue weighted by molar-refractivity contribution is 7.90. The summed E-state index contributed by atoms with van der Waals surface area (Å²) in [6, 6.07) is 0.195. The van der Waals surface area contributed by atoms with Crippen LogP contribution in [0.15, 0.2) is 0 Å². The van der Waals surface area contributed by atoms with Crippen molar-refractivity contribution in [2.45, 2.75) is 50.3 Å². The van der Waals surface area contributed by atoms with E-state index < -0.39 is 27.2 Å². The topological polar surface area (TPSA) is 75.7 Å². The van der Waals surface area contributed by atoms with Crippen molar-refractivity contribution in [3.8, 4) is 0 Å². The molecule has 1 aliphatic carbocycles. The van der Waals surface area contributed by atoms with Crippen LogP contribution in [0.4, 0.5) is 0 Å². The van der Waals surface area contributed by atoms with Crippen molar-refractivity contribution in [3.05, 3.63) is 0 Å². The van der Waals surface area contributed by atoms with Crippen LogP contribution in [0.2, 0.25) is 0 Å². The second-order valence-electron chi connectivity index (χ2n) is 6.08. The highest BCUT2D eigenvalue weighted by Gasteiger charge is 2.42. The van der Waals surface area contributed by atoms with Crippen molar-refractivity contribution in [2.24, 2.45) is 5.92 Å². The lowest BCUT2D eigenvalue weighted by Crippen LogP contribution is -2.45. The van der Waals surface area contributed by atoms with E-state index in [1.807, 2.05) is 6.92 Å². The number of nitrogens with one attached hydrogen (secondary N) is 1. The quantitative estimate of drug-likeness (QED) is 0.731. The summed E-state index contributed by atoms with van der Waals surface area (Å²) in [6.07, 6.45) is 4.26. The molecule has 6 nitrogen and oxygen atoms in total. The summed E-state index contributed by atoms with van der Waals surface area (Å²) >= 11 is 0. The summed E-state index contributed by atoms with van der Waals surface area (Å²) in [7, 11) is -2.15. The highest BCUT2D eigenvalue weighted by atomic mass is 32.2. The summed E-state index contributed by atoms with van der Waals surface area (Å²) in [5.41, 5.74) is 0. The highest BCUT2D eigenvalue weighted by Crippen LogP contribution is 2.31. The molecule has 0 aromatic heterocycles. The Morgan fingerprint density at radius 3 is 2.57 bits per heavy atom. The van der Waals surface area contributed by atoms with Gasteiger partial charge in [-0.25, -0.2) is 13.1 Å². The van der Waals surface area contributed by atoms with Gasteiger partial charge in [-0.05, 0) is 45.7 Å². The molecule has 1 aliphatic heterocycles. The van der Waals surface area contributed by atoms with Crippen LogP contribution in [0.1, 0.15) is 39.0 Å². The van der Waals surface area contributed by atoms with Gasteiger partial charge in [0.05, 0.1) is 18.3 Å². The normalized spacial score (nSPS) is 28.7. The second kappa shape index (κ2) is 7.07. The van der Waals surface area contributed by atoms with Gasteiger partial charge in [-0.15, -0.1) is 0 Å². The standard InChI is InChI=1S/C14H26N2O4S/c1-11(16-8-3-4-9-16)10-15-21(18,19)13-7-5-6-12(13)14(17)20-2/h11-13,15H,3-10H2,1-2H3. The second-order valence-corrected chi connectivity index (χ2v) is 8.07. The van der Waals surface area contributed by atoms with Crippen LogP contribution in [0.25, 0.3) is 0 Å². The lowest BCUT2D eigenvalue weighted by Gasteiger charge is -2.25. The Hall–Kier alpha value is -0.660. The third kappa shape index (κ3) is 3.96. The zero-order valence-corrected chi connectivity index (χ0v) is 13.7. The predicted octanol–water partition coefficient (Wildman–Crippen LogP) is 0.732. The number of methoxy groups -OCH3 is 1. The van der Waals surface area contributed by atoms with Crippen LogP contribution in [0, 0.1) is 5.92 Å². The monoisotopic (exact) mass is 318 g/mol. The number of sulfonamides is 1. The molecular weight excluding hydrogens is 292 g/mol. The lowest BCUT2D eigenvalue weighted by atomic mass is 10.1. The molecule has 1 N–H and O–H groups in total. The first-order chi connectivity index (χ1) is 9.95. The van der Waals surface area contributed by atoms with Gasteiger partial charge < -0.3 is 4.74 Å². The van der Waals surface area contributed by atoms with E-state index in [1.54, 1.807) is 0 Å². The molecule has 2 fully saturated rings. The molecule has 21 heavy (non-hydrogen) atoms. The maximum atomic E-state index is 12.4. The van der Waals surface area contributed by atoms with E-state index in [2.05, 4.69) is 9.62 Å². The van der Waals surface area contributed by atoms with Crippen molar-refractivity contribution in [2.75, 3.05) is 26.7 Å². The minimum Gasteiger partial charge on any atom is -0.469 e. The number of esters is 1. The molecule has 0 amide bonds. The first-order valence-corrected chi connectivity index (χ1v) is 9.30. The van der Waals surface area contributed by atoms with Crippen LogP contribution >= 0.6 is 0 Å². The molecule has 0 spiro atoms. The maximum absolute atomic E-state index is 12.4. The number of ether oxygens (including phenoxy) is 1. The number of carbonyl (C=O) groups is 1. The van der Waals surface area contributed by atoms with E-state index in [9.17, 15) is 13.2 Å². The van der Waals surface area contributed by atoms with Gasteiger partial charge in [-0.2, -0.15) is 0 Å². The van der Waals surface area contributed by atoms with Crippen LogP contribution in [0.5, 0.6) is 0 Å². The Morgan fingerprint density at radius 2 is 1.95 bits per heavy atom. The zero-order chi connectivity index (χ0) is 15.5. The van der Waals surface area contributed by atoms with Crippen molar-refractivity contribution >= 4 is 16.0 Å². The number of carbonyl (C=O) groups excluding carboxylic acids is 1. The van der Waals surface area contributed by atoms with Crippen LogP contribution in [-0.4, -0.2) is 57.3 Å². The fourth-order valence-electron chi connectivity index (χ4n) is 3.37. The molecule has 0 aromatic carbocycles. The number of nitrogens with zero attached hydrogens (tertiary/aromatic N) is 1. The fraction of sp³-hybridized carbons (Fsp3) is 0.929. The molecule has 7 heteroatoms. The van der Waals surface area contributed by atoms with Gasteiger partial charge in [-0.1, -0.05) is 6.42 Å². The largest absolute Gasteiger partial charge is 0.469 e. The molecule has 1 saturated carbocycles. The Morgan fingerprint density at radius 1 is 1.29 bits per heavy atom. The van der Waals surface area contributed by atoms with Gasteiger partial charge in [0.2, 0.25) is 10.0 Å². The van der Waals surface area contributed by atoms with Crippen molar-refractivity contribution in [1.82, 2.24) is 9.62 Å². The van der Waals surface area contributed by atoms with Crippen molar-refractivity contribution in [3.63, 3.8) is 0 Å². The van der Waals surface area contributed by atoms with Crippen LogP contribution in [0.3, 0.4) is 0 Å². The fourth-order valence-corrected chi connectivity index (χ4v) is 5.22. The van der Waals surface area contributed by atoms with E-state index in [-0.39, 0.29) is 6.04 Å². The minimum absolute atomic E-state index is 0.195. The van der Waals surface area contributed by atoms with Gasteiger partial charge in [0.25, 0.3) is 0 Å². The molecule has 3 atom stereocenters. The van der Waals surface area contributed by atoms with Gasteiger partial charge in [0, 0.05) is 12.6 Å². The van der Waals surface area contributed by atoms with Crippen molar-refractivity contribution < 1.29 is 17.9 Å². The Balaban J connectivity index is 1.92.